The van der Waals surface area contributed by atoms with Gasteiger partial charge in [0.15, 0.2) is 6.10 Å². The van der Waals surface area contributed by atoms with Crippen LogP contribution in [0.4, 0.5) is 10.1 Å². The number of carbonyl (C=O) groups is 2. The second kappa shape index (κ2) is 7.41. The van der Waals surface area contributed by atoms with E-state index in [4.69, 9.17) is 9.88 Å². The number of nitrogens with one attached hydrogen (secondary N) is 1. The summed E-state index contributed by atoms with van der Waals surface area (Å²) < 4.78 is 40.4. The Morgan fingerprint density at radius 2 is 1.80 bits per heavy atom. The summed E-state index contributed by atoms with van der Waals surface area (Å²) in [5, 5.41) is 7.44. The lowest BCUT2D eigenvalue weighted by Crippen LogP contribution is -2.30. The maximum atomic E-state index is 13.1. The van der Waals surface area contributed by atoms with Crippen LogP contribution in [-0.2, 0) is 19.6 Å². The standard InChI is InChI=1S/C16H15FN2O5S/c1-10(24-16(21)11-3-2-4-12(17)9-11)15(20)19-13-5-7-14(8-6-13)25(18,22)23/h2-10H,1H3,(H,19,20)(H2,18,22,23)/t10-/m0/s1. The summed E-state index contributed by atoms with van der Waals surface area (Å²) >= 11 is 0. The van der Waals surface area contributed by atoms with Crippen molar-refractivity contribution in [1.29, 1.82) is 0 Å². The van der Waals surface area contributed by atoms with Crippen molar-refractivity contribution in [3.05, 3.63) is 59.9 Å². The normalized spacial score (nSPS) is 12.3. The van der Waals surface area contributed by atoms with E-state index in [-0.39, 0.29) is 10.5 Å². The van der Waals surface area contributed by atoms with E-state index in [0.717, 1.165) is 6.07 Å². The number of halogens is 1. The molecule has 1 amide bonds. The first-order chi connectivity index (χ1) is 11.7. The van der Waals surface area contributed by atoms with E-state index in [0.29, 0.717) is 5.69 Å². The van der Waals surface area contributed by atoms with Crippen LogP contribution in [0.25, 0.3) is 0 Å². The molecule has 7 nitrogen and oxygen atoms in total. The van der Waals surface area contributed by atoms with E-state index in [1.165, 1.54) is 49.4 Å². The molecule has 3 N–H and O–H groups in total. The fourth-order valence-electron chi connectivity index (χ4n) is 1.87. The highest BCUT2D eigenvalue weighted by atomic mass is 32.2. The molecular weight excluding hydrogens is 351 g/mol. The number of hydrogen-bond donors (Lipinski definition) is 2. The van der Waals surface area contributed by atoms with Crippen LogP contribution in [-0.4, -0.2) is 26.4 Å². The Morgan fingerprint density at radius 1 is 1.16 bits per heavy atom. The lowest BCUT2D eigenvalue weighted by atomic mass is 10.2. The van der Waals surface area contributed by atoms with Crippen LogP contribution in [0.3, 0.4) is 0 Å². The molecule has 0 bridgehead atoms. The molecule has 2 aromatic carbocycles. The number of nitrogens with two attached hydrogens (primary N) is 1. The van der Waals surface area contributed by atoms with Gasteiger partial charge in [-0.1, -0.05) is 6.07 Å². The molecule has 0 aliphatic rings. The van der Waals surface area contributed by atoms with E-state index in [2.05, 4.69) is 5.32 Å². The van der Waals surface area contributed by atoms with Crippen molar-refractivity contribution in [1.82, 2.24) is 0 Å². The number of amides is 1. The third kappa shape index (κ3) is 5.10. The summed E-state index contributed by atoms with van der Waals surface area (Å²) in [4.78, 5) is 23.8. The van der Waals surface area contributed by atoms with Crippen LogP contribution in [0.1, 0.15) is 17.3 Å². The van der Waals surface area contributed by atoms with Gasteiger partial charge < -0.3 is 10.1 Å². The smallest absolute Gasteiger partial charge is 0.339 e. The minimum atomic E-state index is -3.83. The Kier molecular flexibility index (Phi) is 5.50. The van der Waals surface area contributed by atoms with Gasteiger partial charge in [0.25, 0.3) is 5.91 Å². The zero-order valence-electron chi connectivity index (χ0n) is 13.1. The topological polar surface area (TPSA) is 116 Å². The lowest BCUT2D eigenvalue weighted by molar-refractivity contribution is -0.123. The highest BCUT2D eigenvalue weighted by molar-refractivity contribution is 7.89. The molecule has 2 aromatic rings. The van der Waals surface area contributed by atoms with Crippen molar-refractivity contribution in [3.63, 3.8) is 0 Å². The molecule has 0 fully saturated rings. The number of benzene rings is 2. The minimum absolute atomic E-state index is 0.0165. The predicted molar refractivity (Wildman–Crippen MR) is 87.7 cm³/mol. The molecule has 9 heteroatoms. The van der Waals surface area contributed by atoms with Gasteiger partial charge in [-0.3, -0.25) is 4.79 Å². The minimum Gasteiger partial charge on any atom is -0.449 e. The maximum Gasteiger partial charge on any atom is 0.339 e. The number of hydrogen-bond acceptors (Lipinski definition) is 5. The first-order valence-electron chi connectivity index (χ1n) is 7.07. The van der Waals surface area contributed by atoms with Crippen LogP contribution in [0.2, 0.25) is 0 Å². The van der Waals surface area contributed by atoms with E-state index >= 15 is 0 Å². The van der Waals surface area contributed by atoms with Gasteiger partial charge in [0.05, 0.1) is 10.5 Å². The van der Waals surface area contributed by atoms with Crippen LogP contribution in [0.5, 0.6) is 0 Å². The monoisotopic (exact) mass is 366 g/mol. The van der Waals surface area contributed by atoms with Crippen molar-refractivity contribution < 1.29 is 27.1 Å². The Bertz CT molecular complexity index is 897. The number of primary sulfonamides is 1. The Hall–Kier alpha value is -2.78. The number of esters is 1. The molecule has 0 aromatic heterocycles. The predicted octanol–water partition coefficient (Wildman–Crippen LogP) is 1.66. The number of anilines is 1. The van der Waals surface area contributed by atoms with Gasteiger partial charge in [0.1, 0.15) is 5.82 Å². The van der Waals surface area contributed by atoms with Gasteiger partial charge in [0, 0.05) is 5.69 Å². The summed E-state index contributed by atoms with van der Waals surface area (Å²) in [7, 11) is -3.83. The Balaban J connectivity index is 1.99. The van der Waals surface area contributed by atoms with Crippen molar-refractivity contribution >= 4 is 27.6 Å². The summed E-state index contributed by atoms with van der Waals surface area (Å²) in [6.07, 6.45) is -1.14. The molecule has 132 valence electrons. The zero-order valence-corrected chi connectivity index (χ0v) is 13.9. The number of rotatable bonds is 5. The molecule has 0 aliphatic heterocycles. The van der Waals surface area contributed by atoms with Gasteiger partial charge in [-0.25, -0.2) is 22.7 Å². The summed E-state index contributed by atoms with van der Waals surface area (Å²) in [5.74, 6) is -2.07. The first kappa shape index (κ1) is 18.6. The SMILES string of the molecule is C[C@H](OC(=O)c1cccc(F)c1)C(=O)Nc1ccc(S(N)(=O)=O)cc1. The van der Waals surface area contributed by atoms with E-state index < -0.39 is 33.8 Å². The number of carbonyl (C=O) groups excluding carboxylic acids is 2. The average molecular weight is 366 g/mol. The molecule has 0 heterocycles. The quantitative estimate of drug-likeness (QED) is 0.781. The van der Waals surface area contributed by atoms with Crippen LogP contribution < -0.4 is 10.5 Å². The maximum absolute atomic E-state index is 13.1. The average Bonchev–Trinajstić information content (AvgIpc) is 2.54. The van der Waals surface area contributed by atoms with Gasteiger partial charge in [-0.05, 0) is 49.4 Å². The third-order valence-corrected chi connectivity index (χ3v) is 4.09. The second-order valence-corrected chi connectivity index (χ2v) is 6.68. The molecule has 0 unspecified atom stereocenters. The molecular formula is C16H15FN2O5S. The summed E-state index contributed by atoms with van der Waals surface area (Å²) in [6.45, 7) is 1.35. The molecule has 1 atom stereocenters. The lowest BCUT2D eigenvalue weighted by Gasteiger charge is -2.13. The fourth-order valence-corrected chi connectivity index (χ4v) is 2.38. The van der Waals surface area contributed by atoms with Crippen LogP contribution in [0.15, 0.2) is 53.4 Å². The highest BCUT2D eigenvalue weighted by Crippen LogP contribution is 2.14. The Morgan fingerprint density at radius 3 is 2.36 bits per heavy atom. The van der Waals surface area contributed by atoms with Crippen molar-refractivity contribution in [2.45, 2.75) is 17.9 Å². The summed E-state index contributed by atoms with van der Waals surface area (Å²) in [5.41, 5.74) is 0.281. The molecule has 25 heavy (non-hydrogen) atoms. The zero-order chi connectivity index (χ0) is 18.6. The van der Waals surface area contributed by atoms with Gasteiger partial charge >= 0.3 is 5.97 Å². The van der Waals surface area contributed by atoms with Gasteiger partial charge in [-0.15, -0.1) is 0 Å². The van der Waals surface area contributed by atoms with Crippen molar-refractivity contribution in [2.75, 3.05) is 5.32 Å². The van der Waals surface area contributed by atoms with E-state index in [1.807, 2.05) is 0 Å². The van der Waals surface area contributed by atoms with Gasteiger partial charge in [0.2, 0.25) is 10.0 Å². The van der Waals surface area contributed by atoms with Crippen LogP contribution >= 0.6 is 0 Å². The molecule has 0 radical (unpaired) electrons. The van der Waals surface area contributed by atoms with E-state index in [9.17, 15) is 22.4 Å². The molecule has 0 saturated carbocycles. The highest BCUT2D eigenvalue weighted by Gasteiger charge is 2.19. The molecule has 0 spiro atoms. The Labute approximate surface area is 143 Å². The third-order valence-electron chi connectivity index (χ3n) is 3.16. The molecule has 2 rings (SSSR count). The second-order valence-electron chi connectivity index (χ2n) is 5.12. The van der Waals surface area contributed by atoms with Crippen molar-refractivity contribution in [3.8, 4) is 0 Å². The molecule has 0 aliphatic carbocycles. The van der Waals surface area contributed by atoms with Gasteiger partial charge in [-0.2, -0.15) is 0 Å². The van der Waals surface area contributed by atoms with Crippen LogP contribution in [0, 0.1) is 5.82 Å². The fraction of sp³-hybridized carbons (Fsp3) is 0.125. The first-order valence-corrected chi connectivity index (χ1v) is 8.62. The van der Waals surface area contributed by atoms with E-state index in [1.54, 1.807) is 0 Å². The largest absolute Gasteiger partial charge is 0.449 e. The summed E-state index contributed by atoms with van der Waals surface area (Å²) in [6, 6.07) is 10.0. The molecule has 0 saturated heterocycles. The van der Waals surface area contributed by atoms with Crippen molar-refractivity contribution in [2.24, 2.45) is 5.14 Å². The number of ether oxygens (including phenoxy) is 1. The number of sulfonamides is 1.